The Bertz CT molecular complexity index is 1190. The van der Waals surface area contributed by atoms with Gasteiger partial charge < -0.3 is 20.9 Å². The predicted octanol–water partition coefficient (Wildman–Crippen LogP) is 4.29. The minimum Gasteiger partial charge on any atom is -0.378 e. The lowest BCUT2D eigenvalue weighted by Gasteiger charge is -2.34. The molecule has 1 unspecified atom stereocenters. The van der Waals surface area contributed by atoms with Crippen LogP contribution in [-0.4, -0.2) is 47.6 Å². The molecule has 3 heterocycles. The highest BCUT2D eigenvalue weighted by Crippen LogP contribution is 2.39. The summed E-state index contributed by atoms with van der Waals surface area (Å²) >= 11 is 3.28. The van der Waals surface area contributed by atoms with Gasteiger partial charge >= 0.3 is 0 Å². The number of nitrogens with one attached hydrogen (secondary N) is 3. The first kappa shape index (κ1) is 23.8. The van der Waals surface area contributed by atoms with Crippen molar-refractivity contribution < 1.29 is 14.4 Å². The third-order valence-electron chi connectivity index (χ3n) is 6.57. The van der Waals surface area contributed by atoms with Gasteiger partial charge in [-0.2, -0.15) is 0 Å². The molecule has 0 aliphatic carbocycles. The van der Waals surface area contributed by atoms with Crippen LogP contribution < -0.4 is 16.0 Å². The fourth-order valence-electron chi connectivity index (χ4n) is 4.59. The molecule has 1 saturated heterocycles. The van der Waals surface area contributed by atoms with E-state index in [0.29, 0.717) is 35.7 Å². The van der Waals surface area contributed by atoms with Gasteiger partial charge in [-0.3, -0.25) is 14.4 Å². The molecule has 9 heteroatoms. The standard InChI is InChI=1S/C26H28N4O3S2/c1-2-23(31)30-11-9-16(10-12-30)26-28-15-18(34-26)14-27-24(32)17-7-8-22-20(13-17)29-25(33)19-5-3-4-6-21(19)35-22/h3-8,13,15-16,26,28H,2,9-12,14H2,1H3,(H,27,32)(H,29,33). The van der Waals surface area contributed by atoms with Crippen LogP contribution in [0.3, 0.4) is 0 Å². The number of fused-ring (bicyclic) bond motifs is 2. The molecule has 0 spiro atoms. The normalized spacial score (nSPS) is 19.6. The molecule has 3 aliphatic rings. The van der Waals surface area contributed by atoms with Crippen LogP contribution in [0, 0.1) is 5.92 Å². The van der Waals surface area contributed by atoms with Gasteiger partial charge in [0.05, 0.1) is 23.2 Å². The van der Waals surface area contributed by atoms with E-state index in [1.54, 1.807) is 30.0 Å². The molecule has 182 valence electrons. The van der Waals surface area contributed by atoms with Crippen LogP contribution in [0.5, 0.6) is 0 Å². The molecule has 0 radical (unpaired) electrons. The van der Waals surface area contributed by atoms with Gasteiger partial charge in [0.1, 0.15) is 0 Å². The summed E-state index contributed by atoms with van der Waals surface area (Å²) in [6, 6.07) is 12.9. The van der Waals surface area contributed by atoms with Crippen molar-refractivity contribution in [1.82, 2.24) is 15.5 Å². The van der Waals surface area contributed by atoms with Crippen LogP contribution in [0.1, 0.15) is 46.9 Å². The summed E-state index contributed by atoms with van der Waals surface area (Å²) in [7, 11) is 0. The maximum atomic E-state index is 12.9. The largest absolute Gasteiger partial charge is 0.378 e. The van der Waals surface area contributed by atoms with Crippen molar-refractivity contribution in [2.24, 2.45) is 5.92 Å². The number of likely N-dealkylation sites (tertiary alicyclic amines) is 1. The fourth-order valence-corrected chi connectivity index (χ4v) is 6.81. The van der Waals surface area contributed by atoms with Gasteiger partial charge in [0.25, 0.3) is 11.8 Å². The molecule has 3 amide bonds. The van der Waals surface area contributed by atoms with Crippen LogP contribution >= 0.6 is 23.5 Å². The van der Waals surface area contributed by atoms with Gasteiger partial charge in [-0.15, -0.1) is 11.8 Å². The van der Waals surface area contributed by atoms with Crippen LogP contribution in [-0.2, 0) is 4.79 Å². The molecule has 3 N–H and O–H groups in total. The number of piperidine rings is 1. The molecule has 0 aromatic heterocycles. The molecule has 5 rings (SSSR count). The zero-order valence-electron chi connectivity index (χ0n) is 19.5. The molecule has 2 aromatic carbocycles. The summed E-state index contributed by atoms with van der Waals surface area (Å²) in [6.07, 6.45) is 4.54. The predicted molar refractivity (Wildman–Crippen MR) is 139 cm³/mol. The summed E-state index contributed by atoms with van der Waals surface area (Å²) in [5.74, 6) is 0.391. The molecule has 2 aromatic rings. The Morgan fingerprint density at radius 1 is 1.11 bits per heavy atom. The molecular weight excluding hydrogens is 480 g/mol. The van der Waals surface area contributed by atoms with E-state index >= 15 is 0 Å². The number of amides is 3. The van der Waals surface area contributed by atoms with Gasteiger partial charge in [-0.05, 0) is 49.1 Å². The number of thioether (sulfide) groups is 1. The first-order valence-corrected chi connectivity index (χ1v) is 13.6. The lowest BCUT2D eigenvalue weighted by Crippen LogP contribution is -2.42. The van der Waals surface area contributed by atoms with Gasteiger partial charge in [0.2, 0.25) is 5.91 Å². The van der Waals surface area contributed by atoms with Gasteiger partial charge in [-0.25, -0.2) is 0 Å². The number of benzene rings is 2. The van der Waals surface area contributed by atoms with E-state index in [1.165, 1.54) is 11.8 Å². The van der Waals surface area contributed by atoms with Crippen LogP contribution in [0.15, 0.2) is 63.4 Å². The van der Waals surface area contributed by atoms with E-state index in [9.17, 15) is 14.4 Å². The second-order valence-electron chi connectivity index (χ2n) is 8.83. The second kappa shape index (κ2) is 10.4. The van der Waals surface area contributed by atoms with Gasteiger partial charge in [-0.1, -0.05) is 30.8 Å². The fraction of sp³-hybridized carbons (Fsp3) is 0.346. The lowest BCUT2D eigenvalue weighted by molar-refractivity contribution is -0.132. The SMILES string of the molecule is CCC(=O)N1CCC(C2NC=C(CNC(=O)c3ccc4c(c3)NC(=O)c3ccccc3S4)S2)CC1. The molecule has 0 bridgehead atoms. The molecular formula is C26H28N4O3S2. The Hall–Kier alpha value is -2.91. The Balaban J connectivity index is 1.14. The Morgan fingerprint density at radius 3 is 2.71 bits per heavy atom. The lowest BCUT2D eigenvalue weighted by atomic mass is 9.96. The smallest absolute Gasteiger partial charge is 0.256 e. The second-order valence-corrected chi connectivity index (χ2v) is 11.2. The van der Waals surface area contributed by atoms with Crippen molar-refractivity contribution in [3.05, 3.63) is 64.7 Å². The zero-order valence-corrected chi connectivity index (χ0v) is 21.1. The van der Waals surface area contributed by atoms with Crippen molar-refractivity contribution in [2.75, 3.05) is 25.0 Å². The molecule has 7 nitrogen and oxygen atoms in total. The van der Waals surface area contributed by atoms with Crippen LogP contribution in [0.2, 0.25) is 0 Å². The highest BCUT2D eigenvalue weighted by Gasteiger charge is 2.31. The number of carbonyl (C=O) groups excluding carboxylic acids is 3. The molecule has 35 heavy (non-hydrogen) atoms. The van der Waals surface area contributed by atoms with Gasteiger partial charge in [0, 0.05) is 46.0 Å². The number of hydrogen-bond acceptors (Lipinski definition) is 6. The molecule has 3 aliphatic heterocycles. The van der Waals surface area contributed by atoms with E-state index in [0.717, 1.165) is 40.6 Å². The highest BCUT2D eigenvalue weighted by atomic mass is 32.2. The Morgan fingerprint density at radius 2 is 1.91 bits per heavy atom. The van der Waals surface area contributed by atoms with Gasteiger partial charge in [0.15, 0.2) is 0 Å². The minimum absolute atomic E-state index is 0.168. The monoisotopic (exact) mass is 508 g/mol. The summed E-state index contributed by atoms with van der Waals surface area (Å²) in [5, 5.41) is 9.68. The number of anilines is 1. The van der Waals surface area contributed by atoms with Crippen LogP contribution in [0.25, 0.3) is 0 Å². The van der Waals surface area contributed by atoms with Crippen molar-refractivity contribution in [2.45, 2.75) is 41.4 Å². The molecule has 1 fully saturated rings. The molecule has 0 saturated carbocycles. The third-order valence-corrected chi connectivity index (χ3v) is 9.07. The van der Waals surface area contributed by atoms with Crippen molar-refractivity contribution in [3.63, 3.8) is 0 Å². The van der Waals surface area contributed by atoms with E-state index in [4.69, 9.17) is 0 Å². The number of hydrogen-bond donors (Lipinski definition) is 3. The van der Waals surface area contributed by atoms with Crippen molar-refractivity contribution >= 4 is 46.9 Å². The molecule has 1 atom stereocenters. The number of nitrogens with zero attached hydrogens (tertiary/aromatic N) is 1. The first-order chi connectivity index (χ1) is 17.0. The summed E-state index contributed by atoms with van der Waals surface area (Å²) in [6.45, 7) is 4.00. The maximum absolute atomic E-state index is 12.9. The summed E-state index contributed by atoms with van der Waals surface area (Å²) in [5.41, 5.74) is 1.79. The Kier molecular flexibility index (Phi) is 7.06. The maximum Gasteiger partial charge on any atom is 0.256 e. The van der Waals surface area contributed by atoms with Crippen molar-refractivity contribution in [1.29, 1.82) is 0 Å². The summed E-state index contributed by atoms with van der Waals surface area (Å²) in [4.78, 5) is 42.2. The first-order valence-electron chi connectivity index (χ1n) is 11.9. The van der Waals surface area contributed by atoms with E-state index in [1.807, 2.05) is 42.3 Å². The highest BCUT2D eigenvalue weighted by molar-refractivity contribution is 8.03. The van der Waals surface area contributed by atoms with Crippen LogP contribution in [0.4, 0.5) is 5.69 Å². The Labute approximate surface area is 213 Å². The van der Waals surface area contributed by atoms with E-state index < -0.39 is 0 Å². The topological polar surface area (TPSA) is 90.5 Å². The average Bonchev–Trinajstić information content (AvgIpc) is 3.31. The van der Waals surface area contributed by atoms with E-state index in [-0.39, 0.29) is 23.1 Å². The average molecular weight is 509 g/mol. The van der Waals surface area contributed by atoms with Crippen molar-refractivity contribution in [3.8, 4) is 0 Å². The quantitative estimate of drug-likeness (QED) is 0.558. The zero-order chi connectivity index (χ0) is 24.4. The third kappa shape index (κ3) is 5.21. The minimum atomic E-state index is -0.176. The number of rotatable bonds is 5. The number of carbonyl (C=O) groups is 3. The summed E-state index contributed by atoms with van der Waals surface area (Å²) < 4.78 is 0. The van der Waals surface area contributed by atoms with E-state index in [2.05, 4.69) is 16.0 Å².